The van der Waals surface area contributed by atoms with Crippen LogP contribution in [0.25, 0.3) is 99.9 Å². The highest BCUT2D eigenvalue weighted by Crippen LogP contribution is 2.63. The molecule has 12 aromatic rings. The van der Waals surface area contributed by atoms with Crippen molar-refractivity contribution in [3.8, 4) is 56.3 Å². The molecule has 0 radical (unpaired) electrons. The molecular formula is C60H35N3OS. The van der Waals surface area contributed by atoms with Crippen LogP contribution in [0.15, 0.2) is 227 Å². The number of benzene rings is 9. The number of pyridine rings is 1. The van der Waals surface area contributed by atoms with Crippen molar-refractivity contribution in [3.05, 3.63) is 235 Å². The van der Waals surface area contributed by atoms with Gasteiger partial charge in [-0.25, -0.2) is 15.0 Å². The Bertz CT molecular complexity index is 3890. The predicted molar refractivity (Wildman–Crippen MR) is 265 cm³/mol. The zero-order valence-electron chi connectivity index (χ0n) is 34.9. The molecule has 0 saturated carbocycles. The van der Waals surface area contributed by atoms with Crippen LogP contribution >= 0.6 is 11.8 Å². The molecule has 0 bridgehead atoms. The summed E-state index contributed by atoms with van der Waals surface area (Å²) >= 11 is 1.87. The minimum atomic E-state index is -0.511. The van der Waals surface area contributed by atoms with E-state index in [1.54, 1.807) is 0 Å². The van der Waals surface area contributed by atoms with Crippen molar-refractivity contribution in [1.82, 2.24) is 15.0 Å². The minimum absolute atomic E-state index is 0.511. The Morgan fingerprint density at radius 2 is 1.02 bits per heavy atom. The molecule has 3 aromatic heterocycles. The van der Waals surface area contributed by atoms with Crippen LogP contribution in [-0.2, 0) is 5.41 Å². The SMILES string of the molecule is c1ccc(-c2nc(-c3ccc4nc(-c5ccccc5)c5cc6c(cc5c4c3)C3(c4ccccc4Sc4ccccc43)c3ccccc3-6)cc(-c3cccc4c3oc3ccccc34)n2)cc1. The van der Waals surface area contributed by atoms with Crippen LogP contribution in [0.2, 0.25) is 0 Å². The van der Waals surface area contributed by atoms with Gasteiger partial charge in [-0.2, -0.15) is 0 Å². The van der Waals surface area contributed by atoms with Gasteiger partial charge >= 0.3 is 0 Å². The van der Waals surface area contributed by atoms with Gasteiger partial charge in [0.2, 0.25) is 0 Å². The van der Waals surface area contributed by atoms with Crippen molar-refractivity contribution in [2.75, 3.05) is 0 Å². The molecule has 4 nitrogen and oxygen atoms in total. The molecular weight excluding hydrogens is 811 g/mol. The Labute approximate surface area is 378 Å². The molecule has 1 aliphatic carbocycles. The summed E-state index contributed by atoms with van der Waals surface area (Å²) in [6.45, 7) is 0. The standard InChI is InChI=1S/C60H35N3OS/c1-3-16-36(17-4-1)57-46-33-44-39-20-7-9-24-47(39)60(48-25-10-13-28-55(48)65-56-29-14-11-26-49(56)60)50(44)34-43(46)45-32-38(30-31-51(45)61-57)52-35-53(63-59(62-52)37-18-5-2-6-19-37)42-23-15-22-41-40-21-8-12-27-54(40)64-58(41)42/h1-35H. The lowest BCUT2D eigenvalue weighted by Gasteiger charge is -2.39. The summed E-state index contributed by atoms with van der Waals surface area (Å²) in [4.78, 5) is 18.6. The smallest absolute Gasteiger partial charge is 0.160 e. The van der Waals surface area contributed by atoms with E-state index >= 15 is 0 Å². The number of para-hydroxylation sites is 2. The van der Waals surface area contributed by atoms with E-state index in [-0.39, 0.29) is 0 Å². The zero-order valence-corrected chi connectivity index (χ0v) is 35.7. The van der Waals surface area contributed by atoms with Crippen molar-refractivity contribution in [1.29, 1.82) is 0 Å². The molecule has 5 heteroatoms. The second-order valence-electron chi connectivity index (χ2n) is 17.0. The Morgan fingerprint density at radius 1 is 0.369 bits per heavy atom. The summed E-state index contributed by atoms with van der Waals surface area (Å²) in [6.07, 6.45) is 0. The van der Waals surface area contributed by atoms with E-state index in [4.69, 9.17) is 19.4 Å². The number of hydrogen-bond acceptors (Lipinski definition) is 5. The maximum Gasteiger partial charge on any atom is 0.160 e. The fourth-order valence-corrected chi connectivity index (χ4v) is 11.9. The van der Waals surface area contributed by atoms with Crippen molar-refractivity contribution in [2.24, 2.45) is 0 Å². The quantitative estimate of drug-likeness (QED) is 0.165. The van der Waals surface area contributed by atoms with Crippen molar-refractivity contribution >= 4 is 55.4 Å². The van der Waals surface area contributed by atoms with E-state index in [1.165, 1.54) is 43.2 Å². The lowest BCUT2D eigenvalue weighted by atomic mass is 9.67. The minimum Gasteiger partial charge on any atom is -0.455 e. The van der Waals surface area contributed by atoms with Crippen LogP contribution in [0, 0.1) is 0 Å². The molecule has 0 atom stereocenters. The first-order valence-electron chi connectivity index (χ1n) is 22.0. The molecule has 0 amide bonds. The van der Waals surface area contributed by atoms with Crippen LogP contribution < -0.4 is 0 Å². The summed E-state index contributed by atoms with van der Waals surface area (Å²) in [7, 11) is 0. The maximum atomic E-state index is 6.56. The van der Waals surface area contributed by atoms with E-state index in [0.717, 1.165) is 82.9 Å². The van der Waals surface area contributed by atoms with E-state index in [2.05, 4.69) is 182 Å². The lowest BCUT2D eigenvalue weighted by molar-refractivity contribution is 0.670. The first-order valence-corrected chi connectivity index (χ1v) is 22.8. The number of furan rings is 1. The first-order chi connectivity index (χ1) is 32.2. The molecule has 14 rings (SSSR count). The van der Waals surface area contributed by atoms with E-state index in [0.29, 0.717) is 5.82 Å². The first kappa shape index (κ1) is 36.4. The van der Waals surface area contributed by atoms with Crippen LogP contribution in [-0.4, -0.2) is 15.0 Å². The number of fused-ring (bicyclic) bond motifs is 15. The van der Waals surface area contributed by atoms with Gasteiger partial charge in [-0.1, -0.05) is 169 Å². The topological polar surface area (TPSA) is 51.8 Å². The van der Waals surface area contributed by atoms with Gasteiger partial charge in [0.05, 0.1) is 28.0 Å². The molecule has 65 heavy (non-hydrogen) atoms. The number of hydrogen-bond donors (Lipinski definition) is 0. The molecule has 0 N–H and O–H groups in total. The molecule has 9 aromatic carbocycles. The monoisotopic (exact) mass is 845 g/mol. The highest BCUT2D eigenvalue weighted by molar-refractivity contribution is 7.99. The molecule has 0 unspecified atom stereocenters. The van der Waals surface area contributed by atoms with Gasteiger partial charge < -0.3 is 4.42 Å². The molecule has 1 spiro atoms. The summed E-state index contributed by atoms with van der Waals surface area (Å²) in [5.74, 6) is 0.652. The Balaban J connectivity index is 1.06. The van der Waals surface area contributed by atoms with Crippen LogP contribution in [0.5, 0.6) is 0 Å². The molecule has 302 valence electrons. The highest BCUT2D eigenvalue weighted by atomic mass is 32.2. The molecule has 1 aliphatic heterocycles. The van der Waals surface area contributed by atoms with Gasteiger partial charge in [0.1, 0.15) is 11.2 Å². The second kappa shape index (κ2) is 13.9. The maximum absolute atomic E-state index is 6.56. The average Bonchev–Trinajstić information content (AvgIpc) is 3.89. The number of nitrogens with zero attached hydrogens (tertiary/aromatic N) is 3. The fourth-order valence-electron chi connectivity index (χ4n) is 10.7. The summed E-state index contributed by atoms with van der Waals surface area (Å²) in [5.41, 5.74) is 16.3. The molecule has 4 heterocycles. The third-order valence-electron chi connectivity index (χ3n) is 13.5. The predicted octanol–water partition coefficient (Wildman–Crippen LogP) is 15.6. The summed E-state index contributed by atoms with van der Waals surface area (Å²) < 4.78 is 6.56. The second-order valence-corrected chi connectivity index (χ2v) is 18.1. The number of rotatable bonds is 4. The van der Waals surface area contributed by atoms with Gasteiger partial charge in [-0.3, -0.25) is 0 Å². The van der Waals surface area contributed by atoms with Crippen molar-refractivity contribution in [2.45, 2.75) is 15.2 Å². The van der Waals surface area contributed by atoms with Gasteiger partial charge in [-0.15, -0.1) is 0 Å². The third-order valence-corrected chi connectivity index (χ3v) is 14.7. The van der Waals surface area contributed by atoms with E-state index in [1.807, 2.05) is 42.1 Å². The Hall–Kier alpha value is -8.12. The van der Waals surface area contributed by atoms with Crippen molar-refractivity contribution < 1.29 is 4.42 Å². The van der Waals surface area contributed by atoms with Gasteiger partial charge in [-0.05, 0) is 93.4 Å². The summed E-state index contributed by atoms with van der Waals surface area (Å²) in [5, 5.41) is 5.48. The van der Waals surface area contributed by atoms with Crippen LogP contribution in [0.3, 0.4) is 0 Å². The summed E-state index contributed by atoms with van der Waals surface area (Å²) in [6, 6.07) is 76.1. The van der Waals surface area contributed by atoms with Crippen LogP contribution in [0.1, 0.15) is 22.3 Å². The van der Waals surface area contributed by atoms with Gasteiger partial charge in [0, 0.05) is 53.6 Å². The van der Waals surface area contributed by atoms with E-state index in [9.17, 15) is 0 Å². The van der Waals surface area contributed by atoms with Gasteiger partial charge in [0.25, 0.3) is 0 Å². The number of aromatic nitrogens is 3. The zero-order chi connectivity index (χ0) is 42.6. The lowest BCUT2D eigenvalue weighted by Crippen LogP contribution is -2.31. The normalized spacial score (nSPS) is 13.3. The van der Waals surface area contributed by atoms with E-state index < -0.39 is 5.41 Å². The highest BCUT2D eigenvalue weighted by Gasteiger charge is 2.50. The average molecular weight is 846 g/mol. The molecule has 2 aliphatic rings. The Kier molecular flexibility index (Phi) is 7.80. The largest absolute Gasteiger partial charge is 0.455 e. The molecule has 0 saturated heterocycles. The van der Waals surface area contributed by atoms with Crippen molar-refractivity contribution in [3.63, 3.8) is 0 Å². The Morgan fingerprint density at radius 3 is 1.82 bits per heavy atom. The van der Waals surface area contributed by atoms with Crippen LogP contribution in [0.4, 0.5) is 0 Å². The fraction of sp³-hybridized carbons (Fsp3) is 0.0167. The van der Waals surface area contributed by atoms with Gasteiger partial charge in [0.15, 0.2) is 5.82 Å². The molecule has 0 fully saturated rings. The third kappa shape index (κ3) is 5.30.